The number of aliphatic hydroxyl groups excluding tert-OH is 1. The van der Waals surface area contributed by atoms with Gasteiger partial charge in [0.25, 0.3) is 11.8 Å². The summed E-state index contributed by atoms with van der Waals surface area (Å²) < 4.78 is 0. The molecule has 1 aliphatic rings. The summed E-state index contributed by atoms with van der Waals surface area (Å²) in [6.07, 6.45) is 2.05. The Morgan fingerprint density at radius 1 is 1.12 bits per heavy atom. The number of hydrogen-bond donors (Lipinski definition) is 4. The maximum atomic E-state index is 12.8. The van der Waals surface area contributed by atoms with Crippen molar-refractivity contribution in [3.8, 4) is 6.07 Å². The number of nitrogens with zero attached hydrogens (tertiary/aromatic N) is 2. The SMILES string of the molecule is N#C/C(C(=O)NCc1ccccc1)=C(/O)CN1C(=O)NC(Cc2c[nH]c3ccccc23)C1=O. The van der Waals surface area contributed by atoms with Gasteiger partial charge < -0.3 is 20.7 Å². The molecule has 4 amide bonds. The lowest BCUT2D eigenvalue weighted by Gasteiger charge is -2.13. The van der Waals surface area contributed by atoms with Gasteiger partial charge in [-0.05, 0) is 17.2 Å². The number of nitrogens with one attached hydrogen (secondary N) is 3. The first-order chi connectivity index (χ1) is 16.0. The number of imide groups is 1. The van der Waals surface area contributed by atoms with Gasteiger partial charge in [0.2, 0.25) is 0 Å². The first-order valence-electron chi connectivity index (χ1n) is 10.3. The van der Waals surface area contributed by atoms with Crippen LogP contribution >= 0.6 is 0 Å². The zero-order valence-corrected chi connectivity index (χ0v) is 17.5. The van der Waals surface area contributed by atoms with Crippen LogP contribution in [0.1, 0.15) is 11.1 Å². The smallest absolute Gasteiger partial charge is 0.325 e. The van der Waals surface area contributed by atoms with Gasteiger partial charge in [0.15, 0.2) is 5.57 Å². The Morgan fingerprint density at radius 2 is 1.85 bits per heavy atom. The highest BCUT2D eigenvalue weighted by atomic mass is 16.3. The maximum Gasteiger partial charge on any atom is 0.325 e. The number of urea groups is 1. The van der Waals surface area contributed by atoms with Crippen molar-refractivity contribution < 1.29 is 19.5 Å². The van der Waals surface area contributed by atoms with Gasteiger partial charge in [0.1, 0.15) is 17.9 Å². The molecule has 0 radical (unpaired) electrons. The summed E-state index contributed by atoms with van der Waals surface area (Å²) in [6, 6.07) is 16.8. The molecule has 1 fully saturated rings. The van der Waals surface area contributed by atoms with Gasteiger partial charge in [-0.2, -0.15) is 5.26 Å². The number of amides is 4. The van der Waals surface area contributed by atoms with Gasteiger partial charge in [0, 0.05) is 30.1 Å². The highest BCUT2D eigenvalue weighted by molar-refractivity contribution is 6.05. The van der Waals surface area contributed by atoms with Crippen LogP contribution in [-0.2, 0) is 22.6 Å². The Bertz CT molecular complexity index is 1290. The number of benzene rings is 2. The number of aromatic amines is 1. The molecular formula is C24H21N5O4. The quantitative estimate of drug-likeness (QED) is 0.192. The number of H-pyrrole nitrogens is 1. The van der Waals surface area contributed by atoms with Crippen LogP contribution < -0.4 is 10.6 Å². The molecular weight excluding hydrogens is 422 g/mol. The van der Waals surface area contributed by atoms with Gasteiger partial charge in [0.05, 0.1) is 6.54 Å². The van der Waals surface area contributed by atoms with E-state index in [0.29, 0.717) is 0 Å². The van der Waals surface area contributed by atoms with Crippen LogP contribution in [0, 0.1) is 11.3 Å². The van der Waals surface area contributed by atoms with Crippen molar-refractivity contribution in [2.24, 2.45) is 0 Å². The average Bonchev–Trinajstić information content (AvgIpc) is 3.35. The van der Waals surface area contributed by atoms with Crippen LogP contribution in [0.25, 0.3) is 10.9 Å². The third-order valence-corrected chi connectivity index (χ3v) is 5.44. The summed E-state index contributed by atoms with van der Waals surface area (Å²) in [5.41, 5.74) is 2.05. The maximum absolute atomic E-state index is 12.8. The van der Waals surface area contributed by atoms with Crippen molar-refractivity contribution in [2.45, 2.75) is 19.0 Å². The Labute approximate surface area is 189 Å². The fourth-order valence-electron chi connectivity index (χ4n) is 3.73. The molecule has 0 spiro atoms. The number of para-hydroxylation sites is 1. The van der Waals surface area contributed by atoms with Gasteiger partial charge >= 0.3 is 6.03 Å². The lowest BCUT2D eigenvalue weighted by Crippen LogP contribution is -2.35. The Morgan fingerprint density at radius 3 is 2.61 bits per heavy atom. The first-order valence-corrected chi connectivity index (χ1v) is 10.3. The van der Waals surface area contributed by atoms with Gasteiger partial charge in [-0.1, -0.05) is 48.5 Å². The Balaban J connectivity index is 1.44. The van der Waals surface area contributed by atoms with Crippen molar-refractivity contribution in [3.05, 3.63) is 83.3 Å². The van der Waals surface area contributed by atoms with E-state index >= 15 is 0 Å². The van der Waals surface area contributed by atoms with E-state index < -0.39 is 41.8 Å². The molecule has 166 valence electrons. The van der Waals surface area contributed by atoms with Crippen LogP contribution in [0.15, 0.2) is 72.1 Å². The molecule has 33 heavy (non-hydrogen) atoms. The summed E-state index contributed by atoms with van der Waals surface area (Å²) in [4.78, 5) is 41.5. The number of hydrogen-bond acceptors (Lipinski definition) is 5. The fraction of sp³-hybridized carbons (Fsp3) is 0.167. The fourth-order valence-corrected chi connectivity index (χ4v) is 3.73. The summed E-state index contributed by atoms with van der Waals surface area (Å²) in [5, 5.41) is 25.8. The molecule has 2 heterocycles. The number of carbonyl (C=O) groups excluding carboxylic acids is 3. The topological polar surface area (TPSA) is 138 Å². The van der Waals surface area contributed by atoms with Crippen molar-refractivity contribution in [3.63, 3.8) is 0 Å². The minimum absolute atomic E-state index is 0.161. The largest absolute Gasteiger partial charge is 0.509 e. The number of aliphatic hydroxyl groups is 1. The van der Waals surface area contributed by atoms with E-state index in [4.69, 9.17) is 0 Å². The first kappa shape index (κ1) is 21.6. The summed E-state index contributed by atoms with van der Waals surface area (Å²) in [5.74, 6) is -1.99. The predicted molar refractivity (Wildman–Crippen MR) is 120 cm³/mol. The second-order valence-corrected chi connectivity index (χ2v) is 7.59. The van der Waals surface area contributed by atoms with E-state index in [1.807, 2.05) is 42.5 Å². The summed E-state index contributed by atoms with van der Waals surface area (Å²) >= 11 is 0. The second-order valence-electron chi connectivity index (χ2n) is 7.59. The minimum Gasteiger partial charge on any atom is -0.509 e. The lowest BCUT2D eigenvalue weighted by molar-refractivity contribution is -0.127. The second kappa shape index (κ2) is 9.28. The number of fused-ring (bicyclic) bond motifs is 1. The van der Waals surface area contributed by atoms with Gasteiger partial charge in [-0.25, -0.2) is 4.79 Å². The van der Waals surface area contributed by atoms with Crippen LogP contribution in [0.4, 0.5) is 4.79 Å². The highest BCUT2D eigenvalue weighted by Crippen LogP contribution is 2.21. The molecule has 9 heteroatoms. The number of carbonyl (C=O) groups is 3. The van der Waals surface area contributed by atoms with Crippen molar-refractivity contribution in [2.75, 3.05) is 6.54 Å². The zero-order chi connectivity index (χ0) is 23.4. The van der Waals surface area contributed by atoms with Gasteiger partial charge in [-0.15, -0.1) is 0 Å². The monoisotopic (exact) mass is 443 g/mol. The third-order valence-electron chi connectivity index (χ3n) is 5.44. The number of aromatic nitrogens is 1. The third kappa shape index (κ3) is 4.55. The average molecular weight is 443 g/mol. The molecule has 0 aliphatic carbocycles. The van der Waals surface area contributed by atoms with Crippen LogP contribution in [0.3, 0.4) is 0 Å². The molecule has 1 aliphatic heterocycles. The van der Waals surface area contributed by atoms with E-state index in [1.54, 1.807) is 24.4 Å². The van der Waals surface area contributed by atoms with Crippen LogP contribution in [0.2, 0.25) is 0 Å². The van der Waals surface area contributed by atoms with E-state index in [9.17, 15) is 24.8 Å². The highest BCUT2D eigenvalue weighted by Gasteiger charge is 2.39. The van der Waals surface area contributed by atoms with Crippen molar-refractivity contribution in [1.29, 1.82) is 5.26 Å². The van der Waals surface area contributed by atoms with E-state index in [1.165, 1.54) is 0 Å². The van der Waals surface area contributed by atoms with Crippen LogP contribution in [-0.4, -0.2) is 45.4 Å². The molecule has 3 aromatic rings. The number of rotatable bonds is 7. The van der Waals surface area contributed by atoms with Crippen molar-refractivity contribution >= 4 is 28.7 Å². The van der Waals surface area contributed by atoms with E-state index in [-0.39, 0.29) is 13.0 Å². The minimum atomic E-state index is -0.818. The van der Waals surface area contributed by atoms with Crippen LogP contribution in [0.5, 0.6) is 0 Å². The molecule has 0 bridgehead atoms. The lowest BCUT2D eigenvalue weighted by atomic mass is 10.1. The molecule has 1 saturated heterocycles. The normalized spacial score (nSPS) is 16.3. The molecule has 4 rings (SSSR count). The molecule has 4 N–H and O–H groups in total. The summed E-state index contributed by atoms with van der Waals surface area (Å²) in [7, 11) is 0. The molecule has 9 nitrogen and oxygen atoms in total. The standard InChI is InChI=1S/C24H21N5O4/c25-11-18(22(31)27-12-15-6-2-1-3-7-15)21(30)14-29-23(32)20(28-24(29)33)10-16-13-26-19-9-5-4-8-17(16)19/h1-9,13,20,26,30H,10,12,14H2,(H,27,31)(H,28,33)/b21-18-. The Hall–Kier alpha value is -4.58. The predicted octanol–water partition coefficient (Wildman–Crippen LogP) is 2.28. The summed E-state index contributed by atoms with van der Waals surface area (Å²) in [6.45, 7) is -0.412. The molecule has 2 aromatic carbocycles. The molecule has 1 aromatic heterocycles. The van der Waals surface area contributed by atoms with Crippen molar-refractivity contribution in [1.82, 2.24) is 20.5 Å². The van der Waals surface area contributed by atoms with E-state index in [2.05, 4.69) is 15.6 Å². The zero-order valence-electron chi connectivity index (χ0n) is 17.5. The molecule has 0 saturated carbocycles. The molecule has 1 atom stereocenters. The van der Waals surface area contributed by atoms with Gasteiger partial charge in [-0.3, -0.25) is 14.5 Å². The van der Waals surface area contributed by atoms with E-state index in [0.717, 1.165) is 26.9 Å². The Kier molecular flexibility index (Phi) is 6.09. The molecule has 1 unspecified atom stereocenters. The number of nitriles is 1.